The third-order valence-corrected chi connectivity index (χ3v) is 3.89. The molecule has 0 radical (unpaired) electrons. The number of hydrogen-bond donors (Lipinski definition) is 1. The molecule has 1 aromatic rings. The van der Waals surface area contributed by atoms with Crippen LogP contribution in [0.1, 0.15) is 31.2 Å². The van der Waals surface area contributed by atoms with Gasteiger partial charge in [-0.05, 0) is 30.5 Å². The van der Waals surface area contributed by atoms with E-state index in [0.29, 0.717) is 12.0 Å². The summed E-state index contributed by atoms with van der Waals surface area (Å²) in [6, 6.07) is 6.96. The average molecular weight is 264 g/mol. The van der Waals surface area contributed by atoms with Crippen LogP contribution >= 0.6 is 0 Å². The van der Waals surface area contributed by atoms with Crippen LogP contribution in [-0.2, 0) is 4.79 Å². The normalized spacial score (nSPS) is 20.3. The number of carbonyl (C=O) groups excluding carboxylic acids is 1. The van der Waals surface area contributed by atoms with E-state index < -0.39 is 0 Å². The molecular formula is C15H21FN2O. The maximum Gasteiger partial charge on any atom is 0.223 e. The van der Waals surface area contributed by atoms with Crippen LogP contribution < -0.4 is 5.32 Å². The van der Waals surface area contributed by atoms with E-state index >= 15 is 0 Å². The van der Waals surface area contributed by atoms with Crippen molar-refractivity contribution in [1.29, 1.82) is 0 Å². The lowest BCUT2D eigenvalue weighted by atomic mass is 9.96. The van der Waals surface area contributed by atoms with Crippen molar-refractivity contribution in [2.75, 3.05) is 20.1 Å². The number of benzene rings is 1. The van der Waals surface area contributed by atoms with Crippen LogP contribution in [0, 0.1) is 5.82 Å². The van der Waals surface area contributed by atoms with E-state index in [0.717, 1.165) is 19.5 Å². The molecule has 4 heteroatoms. The first-order valence-corrected chi connectivity index (χ1v) is 6.80. The lowest BCUT2D eigenvalue weighted by Crippen LogP contribution is -2.38. The van der Waals surface area contributed by atoms with Crippen molar-refractivity contribution < 1.29 is 9.18 Å². The molecule has 2 atom stereocenters. The predicted molar refractivity (Wildman–Crippen MR) is 73.5 cm³/mol. The molecule has 1 aromatic carbocycles. The molecule has 3 nitrogen and oxygen atoms in total. The maximum atomic E-state index is 13.7. The first-order chi connectivity index (χ1) is 9.09. The molecule has 0 bridgehead atoms. The fourth-order valence-corrected chi connectivity index (χ4v) is 2.56. The van der Waals surface area contributed by atoms with Crippen LogP contribution in [0.4, 0.5) is 4.39 Å². The highest BCUT2D eigenvalue weighted by Gasteiger charge is 2.24. The van der Waals surface area contributed by atoms with E-state index in [1.807, 2.05) is 20.0 Å². The van der Waals surface area contributed by atoms with E-state index in [-0.39, 0.29) is 23.7 Å². The summed E-state index contributed by atoms with van der Waals surface area (Å²) in [7, 11) is 1.84. The third kappa shape index (κ3) is 3.32. The molecule has 0 aromatic heterocycles. The molecule has 0 saturated carbocycles. The lowest BCUT2D eigenvalue weighted by Gasteiger charge is -2.25. The molecule has 1 saturated heterocycles. The second kappa shape index (κ2) is 6.15. The maximum absolute atomic E-state index is 13.7. The summed E-state index contributed by atoms with van der Waals surface area (Å²) >= 11 is 0. The van der Waals surface area contributed by atoms with Gasteiger partial charge in [-0.3, -0.25) is 4.79 Å². The third-order valence-electron chi connectivity index (χ3n) is 3.89. The zero-order valence-electron chi connectivity index (χ0n) is 11.5. The molecule has 0 spiro atoms. The zero-order valence-corrected chi connectivity index (χ0v) is 11.5. The number of amides is 1. The summed E-state index contributed by atoms with van der Waals surface area (Å²) in [5.41, 5.74) is 0.619. The Hall–Kier alpha value is -1.42. The minimum absolute atomic E-state index is 0.0875. The minimum atomic E-state index is -0.229. The number of halogens is 1. The van der Waals surface area contributed by atoms with Crippen molar-refractivity contribution in [3.63, 3.8) is 0 Å². The Morgan fingerprint density at radius 1 is 1.53 bits per heavy atom. The average Bonchev–Trinajstić information content (AvgIpc) is 2.92. The van der Waals surface area contributed by atoms with Crippen LogP contribution in [0.5, 0.6) is 0 Å². The topological polar surface area (TPSA) is 32.3 Å². The number of hydrogen-bond acceptors (Lipinski definition) is 2. The molecule has 19 heavy (non-hydrogen) atoms. The summed E-state index contributed by atoms with van der Waals surface area (Å²) in [6.45, 7) is 3.72. The summed E-state index contributed by atoms with van der Waals surface area (Å²) < 4.78 is 13.7. The SMILES string of the molecule is CC(CC(=O)N(C)C1CCNC1)c1ccccc1F. The van der Waals surface area contributed by atoms with E-state index in [1.54, 1.807) is 17.0 Å². The molecule has 2 rings (SSSR count). The Morgan fingerprint density at radius 3 is 2.89 bits per heavy atom. The first kappa shape index (κ1) is 14.0. The number of nitrogens with zero attached hydrogens (tertiary/aromatic N) is 1. The van der Waals surface area contributed by atoms with Gasteiger partial charge in [0.1, 0.15) is 5.82 Å². The Balaban J connectivity index is 1.96. The van der Waals surface area contributed by atoms with Crippen LogP contribution in [0.3, 0.4) is 0 Å². The summed E-state index contributed by atoms with van der Waals surface area (Å²) in [6.07, 6.45) is 1.35. The Labute approximate surface area is 113 Å². The van der Waals surface area contributed by atoms with Crippen molar-refractivity contribution >= 4 is 5.91 Å². The highest BCUT2D eigenvalue weighted by molar-refractivity contribution is 5.77. The Kier molecular flexibility index (Phi) is 4.53. The minimum Gasteiger partial charge on any atom is -0.341 e. The number of carbonyl (C=O) groups is 1. The van der Waals surface area contributed by atoms with Crippen molar-refractivity contribution in [2.45, 2.75) is 31.7 Å². The fraction of sp³-hybridized carbons (Fsp3) is 0.533. The second-order valence-corrected chi connectivity index (χ2v) is 5.28. The van der Waals surface area contributed by atoms with Crippen LogP contribution in [0.15, 0.2) is 24.3 Å². The van der Waals surface area contributed by atoms with Gasteiger partial charge in [0.25, 0.3) is 0 Å². The molecule has 1 fully saturated rings. The first-order valence-electron chi connectivity index (χ1n) is 6.80. The van der Waals surface area contributed by atoms with Crippen molar-refractivity contribution in [3.05, 3.63) is 35.6 Å². The van der Waals surface area contributed by atoms with Gasteiger partial charge in [-0.25, -0.2) is 4.39 Å². The van der Waals surface area contributed by atoms with Crippen molar-refractivity contribution in [1.82, 2.24) is 10.2 Å². The monoisotopic (exact) mass is 264 g/mol. The quantitative estimate of drug-likeness (QED) is 0.903. The van der Waals surface area contributed by atoms with E-state index in [4.69, 9.17) is 0 Å². The predicted octanol–water partition coefficient (Wildman–Crippen LogP) is 2.14. The van der Waals surface area contributed by atoms with Crippen LogP contribution in [-0.4, -0.2) is 37.0 Å². The summed E-state index contributed by atoms with van der Waals surface area (Å²) in [4.78, 5) is 14.0. The van der Waals surface area contributed by atoms with E-state index in [2.05, 4.69) is 5.32 Å². The molecule has 104 valence electrons. The smallest absolute Gasteiger partial charge is 0.223 e. The molecule has 1 heterocycles. The lowest BCUT2D eigenvalue weighted by molar-refractivity contribution is -0.132. The van der Waals surface area contributed by atoms with Gasteiger partial charge in [-0.1, -0.05) is 25.1 Å². The number of nitrogens with one attached hydrogen (secondary N) is 1. The van der Waals surface area contributed by atoms with Gasteiger partial charge >= 0.3 is 0 Å². The Bertz CT molecular complexity index is 444. The molecule has 2 unspecified atom stereocenters. The van der Waals surface area contributed by atoms with Gasteiger partial charge in [0.2, 0.25) is 5.91 Å². The van der Waals surface area contributed by atoms with Crippen molar-refractivity contribution in [2.24, 2.45) is 0 Å². The standard InChI is InChI=1S/C15H21FN2O/c1-11(13-5-3-4-6-14(13)16)9-15(19)18(2)12-7-8-17-10-12/h3-6,11-12,17H,7-10H2,1-2H3. The Morgan fingerprint density at radius 2 is 2.26 bits per heavy atom. The van der Waals surface area contributed by atoms with Gasteiger partial charge in [-0.15, -0.1) is 0 Å². The van der Waals surface area contributed by atoms with E-state index in [1.165, 1.54) is 6.07 Å². The van der Waals surface area contributed by atoms with E-state index in [9.17, 15) is 9.18 Å². The molecule has 1 amide bonds. The molecule has 1 aliphatic heterocycles. The highest BCUT2D eigenvalue weighted by atomic mass is 19.1. The summed E-state index contributed by atoms with van der Waals surface area (Å²) in [5.74, 6) is -0.233. The zero-order chi connectivity index (χ0) is 13.8. The fourth-order valence-electron chi connectivity index (χ4n) is 2.56. The number of rotatable bonds is 4. The second-order valence-electron chi connectivity index (χ2n) is 5.28. The van der Waals surface area contributed by atoms with Crippen LogP contribution in [0.2, 0.25) is 0 Å². The van der Waals surface area contributed by atoms with Crippen LogP contribution in [0.25, 0.3) is 0 Å². The molecule has 0 aliphatic carbocycles. The molecule has 1 N–H and O–H groups in total. The largest absolute Gasteiger partial charge is 0.341 e. The van der Waals surface area contributed by atoms with Gasteiger partial charge in [-0.2, -0.15) is 0 Å². The van der Waals surface area contributed by atoms with Gasteiger partial charge in [0, 0.05) is 26.1 Å². The van der Waals surface area contributed by atoms with Gasteiger partial charge in [0.15, 0.2) is 0 Å². The summed E-state index contributed by atoms with van der Waals surface area (Å²) in [5, 5.41) is 3.25. The van der Waals surface area contributed by atoms with Crippen molar-refractivity contribution in [3.8, 4) is 0 Å². The van der Waals surface area contributed by atoms with Gasteiger partial charge < -0.3 is 10.2 Å². The van der Waals surface area contributed by atoms with Gasteiger partial charge in [0.05, 0.1) is 0 Å². The molecular weight excluding hydrogens is 243 g/mol. The number of likely N-dealkylation sites (N-methyl/N-ethyl adjacent to an activating group) is 1. The molecule has 1 aliphatic rings. The highest BCUT2D eigenvalue weighted by Crippen LogP contribution is 2.23.